The Balaban J connectivity index is 1.41. The van der Waals surface area contributed by atoms with Crippen LogP contribution in [-0.2, 0) is 9.63 Å². The van der Waals surface area contributed by atoms with Gasteiger partial charge in [0.1, 0.15) is 0 Å². The van der Waals surface area contributed by atoms with E-state index < -0.39 is 5.60 Å². The molecule has 7 nitrogen and oxygen atoms in total. The van der Waals surface area contributed by atoms with Crippen LogP contribution in [0.3, 0.4) is 0 Å². The number of hydrogen-bond acceptors (Lipinski definition) is 6. The second kappa shape index (κ2) is 7.75. The number of benzene rings is 2. The van der Waals surface area contributed by atoms with Gasteiger partial charge in [-0.15, -0.1) is 0 Å². The van der Waals surface area contributed by atoms with Crippen LogP contribution in [0.25, 0.3) is 0 Å². The van der Waals surface area contributed by atoms with Gasteiger partial charge in [-0.3, -0.25) is 4.79 Å². The lowest BCUT2D eigenvalue weighted by Gasteiger charge is -2.27. The molecule has 0 bridgehead atoms. The molecule has 0 saturated heterocycles. The van der Waals surface area contributed by atoms with Gasteiger partial charge in [-0.1, -0.05) is 41.6 Å². The highest BCUT2D eigenvalue weighted by atomic mass is 16.7. The van der Waals surface area contributed by atoms with Crippen LogP contribution in [0.1, 0.15) is 30.5 Å². The molecule has 152 valence electrons. The van der Waals surface area contributed by atoms with Crippen LogP contribution in [0.2, 0.25) is 0 Å². The van der Waals surface area contributed by atoms with E-state index in [1.807, 2.05) is 62.6 Å². The minimum atomic E-state index is -1.02. The summed E-state index contributed by atoms with van der Waals surface area (Å²) in [5, 5.41) is 7.19. The molecule has 1 amide bonds. The van der Waals surface area contributed by atoms with Crippen molar-refractivity contribution in [1.82, 2.24) is 10.2 Å². The SMILES string of the molecule is CN(C)[C@@H](CNC(=O)[C@@]1(C)CC(c2ccccc2)=NO1)c1ccc2c(c1)OCO2. The summed E-state index contributed by atoms with van der Waals surface area (Å²) in [6.07, 6.45) is 0.430. The van der Waals surface area contributed by atoms with E-state index in [1.54, 1.807) is 6.92 Å². The number of carbonyl (C=O) groups is 1. The standard InChI is InChI=1S/C22H25N3O4/c1-22(12-17(24-29-22)15-7-5-4-6-8-15)21(26)23-13-18(25(2)3)16-9-10-19-20(11-16)28-14-27-19/h4-11,18H,12-14H2,1-3H3,(H,23,26)/t18-,22+/m0/s1. The molecule has 4 rings (SSSR count). The maximum absolute atomic E-state index is 12.9. The Morgan fingerprint density at radius 3 is 2.69 bits per heavy atom. The monoisotopic (exact) mass is 395 g/mol. The first-order chi connectivity index (χ1) is 14.0. The summed E-state index contributed by atoms with van der Waals surface area (Å²) in [4.78, 5) is 20.5. The fourth-order valence-corrected chi connectivity index (χ4v) is 3.54. The number of rotatable bonds is 6. The van der Waals surface area contributed by atoms with E-state index in [0.717, 1.165) is 28.3 Å². The van der Waals surface area contributed by atoms with Crippen LogP contribution < -0.4 is 14.8 Å². The summed E-state index contributed by atoms with van der Waals surface area (Å²) in [5.74, 6) is 1.29. The molecule has 7 heteroatoms. The van der Waals surface area contributed by atoms with Crippen molar-refractivity contribution in [2.45, 2.75) is 25.0 Å². The molecule has 2 aliphatic rings. The Morgan fingerprint density at radius 2 is 1.93 bits per heavy atom. The minimum Gasteiger partial charge on any atom is -0.454 e. The number of ether oxygens (including phenoxy) is 2. The van der Waals surface area contributed by atoms with Crippen LogP contribution in [0.4, 0.5) is 0 Å². The third kappa shape index (κ3) is 3.91. The molecule has 2 atom stereocenters. The van der Waals surface area contributed by atoms with Gasteiger partial charge in [0.2, 0.25) is 12.4 Å². The normalized spacial score (nSPS) is 20.9. The number of carbonyl (C=O) groups excluding carboxylic acids is 1. The molecule has 2 heterocycles. The number of likely N-dealkylation sites (N-methyl/N-ethyl adjacent to an activating group) is 1. The third-order valence-electron chi connectivity index (χ3n) is 5.31. The first-order valence-electron chi connectivity index (χ1n) is 9.61. The number of amides is 1. The van der Waals surface area contributed by atoms with Crippen LogP contribution >= 0.6 is 0 Å². The van der Waals surface area contributed by atoms with E-state index in [2.05, 4.69) is 15.4 Å². The number of oxime groups is 1. The first-order valence-corrected chi connectivity index (χ1v) is 9.61. The van der Waals surface area contributed by atoms with Crippen molar-refractivity contribution in [1.29, 1.82) is 0 Å². The molecule has 2 aliphatic heterocycles. The molecule has 0 radical (unpaired) electrons. The first kappa shape index (κ1) is 19.3. The van der Waals surface area contributed by atoms with Crippen molar-refractivity contribution in [2.75, 3.05) is 27.4 Å². The molecule has 0 aliphatic carbocycles. The summed E-state index contributed by atoms with van der Waals surface area (Å²) in [7, 11) is 3.96. The Bertz CT molecular complexity index is 929. The van der Waals surface area contributed by atoms with Gasteiger partial charge in [0, 0.05) is 13.0 Å². The molecule has 0 fully saturated rings. The smallest absolute Gasteiger partial charge is 0.267 e. The minimum absolute atomic E-state index is 0.0204. The van der Waals surface area contributed by atoms with E-state index in [1.165, 1.54) is 0 Å². The lowest BCUT2D eigenvalue weighted by molar-refractivity contribution is -0.141. The van der Waals surface area contributed by atoms with E-state index in [-0.39, 0.29) is 18.7 Å². The Kier molecular flexibility index (Phi) is 5.15. The lowest BCUT2D eigenvalue weighted by Crippen LogP contribution is -2.47. The van der Waals surface area contributed by atoms with Crippen molar-refractivity contribution in [3.8, 4) is 11.5 Å². The van der Waals surface area contributed by atoms with E-state index in [4.69, 9.17) is 14.3 Å². The van der Waals surface area contributed by atoms with Crippen LogP contribution in [-0.4, -0.2) is 49.6 Å². The number of fused-ring (bicyclic) bond motifs is 1. The second-order valence-electron chi connectivity index (χ2n) is 7.71. The average molecular weight is 395 g/mol. The Morgan fingerprint density at radius 1 is 1.17 bits per heavy atom. The van der Waals surface area contributed by atoms with Crippen molar-refractivity contribution in [3.05, 3.63) is 59.7 Å². The van der Waals surface area contributed by atoms with E-state index in [9.17, 15) is 4.79 Å². The summed E-state index contributed by atoms with van der Waals surface area (Å²) in [5.41, 5.74) is 1.77. The average Bonchev–Trinajstić information content (AvgIpc) is 3.35. The fourth-order valence-electron chi connectivity index (χ4n) is 3.54. The molecule has 0 saturated carbocycles. The van der Waals surface area contributed by atoms with Crippen LogP contribution in [0.5, 0.6) is 11.5 Å². The van der Waals surface area contributed by atoms with E-state index >= 15 is 0 Å². The highest BCUT2D eigenvalue weighted by Gasteiger charge is 2.42. The maximum Gasteiger partial charge on any atom is 0.267 e. The predicted molar refractivity (Wildman–Crippen MR) is 109 cm³/mol. The van der Waals surface area contributed by atoms with Gasteiger partial charge in [0.25, 0.3) is 5.91 Å². The molecular weight excluding hydrogens is 370 g/mol. The lowest BCUT2D eigenvalue weighted by atomic mass is 9.95. The largest absolute Gasteiger partial charge is 0.454 e. The predicted octanol–water partition coefficient (Wildman–Crippen LogP) is 2.72. The molecule has 0 unspecified atom stereocenters. The zero-order valence-corrected chi connectivity index (χ0v) is 16.8. The fraction of sp³-hybridized carbons (Fsp3) is 0.364. The molecule has 0 aromatic heterocycles. The summed E-state index contributed by atoms with van der Waals surface area (Å²) < 4.78 is 10.9. The van der Waals surface area contributed by atoms with Gasteiger partial charge in [-0.25, -0.2) is 0 Å². The molecule has 0 spiro atoms. The van der Waals surface area contributed by atoms with Crippen molar-refractivity contribution < 1.29 is 19.1 Å². The Labute approximate surface area is 170 Å². The summed E-state index contributed by atoms with van der Waals surface area (Å²) in [6.45, 7) is 2.44. The van der Waals surface area contributed by atoms with Gasteiger partial charge in [0.15, 0.2) is 11.5 Å². The highest BCUT2D eigenvalue weighted by Crippen LogP contribution is 2.35. The summed E-state index contributed by atoms with van der Waals surface area (Å²) in [6, 6.07) is 15.6. The molecular formula is C22H25N3O4. The van der Waals surface area contributed by atoms with Crippen molar-refractivity contribution in [3.63, 3.8) is 0 Å². The van der Waals surface area contributed by atoms with Crippen LogP contribution in [0.15, 0.2) is 53.7 Å². The molecule has 1 N–H and O–H groups in total. The van der Waals surface area contributed by atoms with Gasteiger partial charge >= 0.3 is 0 Å². The van der Waals surface area contributed by atoms with Crippen LogP contribution in [0, 0.1) is 0 Å². The quantitative estimate of drug-likeness (QED) is 0.814. The molecule has 2 aromatic rings. The molecule has 29 heavy (non-hydrogen) atoms. The van der Waals surface area contributed by atoms with Gasteiger partial charge in [-0.2, -0.15) is 0 Å². The van der Waals surface area contributed by atoms with Crippen molar-refractivity contribution >= 4 is 11.6 Å². The van der Waals surface area contributed by atoms with E-state index in [0.29, 0.717) is 13.0 Å². The zero-order chi connectivity index (χ0) is 20.4. The molecule has 2 aromatic carbocycles. The number of hydrogen-bond donors (Lipinski definition) is 1. The topological polar surface area (TPSA) is 72.4 Å². The second-order valence-corrected chi connectivity index (χ2v) is 7.71. The van der Waals surface area contributed by atoms with Gasteiger partial charge in [-0.05, 0) is 44.3 Å². The van der Waals surface area contributed by atoms with Gasteiger partial charge in [0.05, 0.1) is 11.8 Å². The zero-order valence-electron chi connectivity index (χ0n) is 16.8. The maximum atomic E-state index is 12.9. The van der Waals surface area contributed by atoms with Gasteiger partial charge < -0.3 is 24.5 Å². The number of nitrogens with one attached hydrogen (secondary N) is 1. The highest BCUT2D eigenvalue weighted by molar-refractivity contribution is 6.05. The number of nitrogens with zero attached hydrogens (tertiary/aromatic N) is 2. The summed E-state index contributed by atoms with van der Waals surface area (Å²) >= 11 is 0. The Hall–Kier alpha value is -3.06. The van der Waals surface area contributed by atoms with Crippen molar-refractivity contribution in [2.24, 2.45) is 5.16 Å². The third-order valence-corrected chi connectivity index (χ3v) is 5.31.